The largest absolute Gasteiger partial charge is 0.497 e. The van der Waals surface area contributed by atoms with Gasteiger partial charge in [0.2, 0.25) is 11.8 Å². The smallest absolute Gasteiger partial charge is 0.247 e. The van der Waals surface area contributed by atoms with Crippen molar-refractivity contribution in [2.45, 2.75) is 44.7 Å². The molecule has 2 aromatic heterocycles. The molecule has 12 heteroatoms. The maximum absolute atomic E-state index is 14.0. The van der Waals surface area contributed by atoms with Crippen molar-refractivity contribution in [3.05, 3.63) is 105 Å². The quantitative estimate of drug-likeness (QED) is 0.189. The van der Waals surface area contributed by atoms with E-state index in [1.165, 1.54) is 12.2 Å². The summed E-state index contributed by atoms with van der Waals surface area (Å²) in [4.78, 5) is 48.8. The van der Waals surface area contributed by atoms with Crippen molar-refractivity contribution in [1.82, 2.24) is 24.6 Å². The molecule has 7 rings (SSSR count). The molecule has 3 aliphatic rings. The van der Waals surface area contributed by atoms with Gasteiger partial charge in [-0.25, -0.2) is 0 Å². The van der Waals surface area contributed by atoms with E-state index < -0.39 is 11.6 Å². The average molecular weight is 669 g/mol. The third kappa shape index (κ3) is 5.78. The number of piperazine rings is 1. The van der Waals surface area contributed by atoms with Gasteiger partial charge in [-0.1, -0.05) is 23.7 Å². The highest BCUT2D eigenvalue weighted by atomic mass is 35.5. The number of fused-ring (bicyclic) bond motifs is 3. The molecule has 1 saturated heterocycles. The molecule has 240 valence electrons. The second-order valence-electron chi connectivity index (χ2n) is 12.2. The maximum Gasteiger partial charge on any atom is 0.247 e. The standard InChI is InChI=1S/C35H33ClN6O4S/c1-21-19-47-34-31(21)32(24-4-8-25(36)9-5-24)37-27(33-39-38-22(2)42(33)34)18-30(45)40-16-17-41(35(20-40)14-15-35)29(44)13-12-28(43)23-6-10-26(46-3)11-7-23/h4-13,19,27H,14-18,20H2,1-3H3/b13-12+/t27-/m0/s1. The van der Waals surface area contributed by atoms with Gasteiger partial charge in [0.15, 0.2) is 11.6 Å². The number of aryl methyl sites for hydroxylation is 2. The van der Waals surface area contributed by atoms with E-state index in [4.69, 9.17) is 21.3 Å². The van der Waals surface area contributed by atoms with Crippen LogP contribution in [0.1, 0.15) is 64.0 Å². The Labute approximate surface area is 281 Å². The van der Waals surface area contributed by atoms with E-state index in [0.717, 1.165) is 46.1 Å². The number of aliphatic imine (C=N–C) groups is 1. The number of rotatable bonds is 7. The highest BCUT2D eigenvalue weighted by Crippen LogP contribution is 2.45. The number of hydrogen-bond donors (Lipinski definition) is 0. The fourth-order valence-corrected chi connectivity index (χ4v) is 7.70. The van der Waals surface area contributed by atoms with E-state index in [-0.39, 0.29) is 24.0 Å². The van der Waals surface area contributed by atoms with Crippen LogP contribution in [0.25, 0.3) is 5.00 Å². The van der Waals surface area contributed by atoms with E-state index in [1.54, 1.807) is 42.7 Å². The van der Waals surface area contributed by atoms with Crippen molar-refractivity contribution < 1.29 is 19.1 Å². The minimum atomic E-state index is -0.560. The van der Waals surface area contributed by atoms with E-state index >= 15 is 0 Å². The minimum absolute atomic E-state index is 0.0491. The molecule has 0 N–H and O–H groups in total. The summed E-state index contributed by atoms with van der Waals surface area (Å²) < 4.78 is 7.18. The summed E-state index contributed by atoms with van der Waals surface area (Å²) in [5, 5.41) is 12.6. The number of amides is 2. The second-order valence-corrected chi connectivity index (χ2v) is 13.5. The number of thiophene rings is 1. The normalized spacial score (nSPS) is 18.0. The van der Waals surface area contributed by atoms with Crippen molar-refractivity contribution in [2.75, 3.05) is 26.7 Å². The number of carbonyl (C=O) groups is 3. The topological polar surface area (TPSA) is 110 Å². The van der Waals surface area contributed by atoms with Crippen LogP contribution in [0, 0.1) is 13.8 Å². The SMILES string of the molecule is COc1ccc(C(=O)/C=C/C(=O)N2CCN(C(=O)C[C@@H]3N=C(c4ccc(Cl)cc4)c4c(C)csc4-n4c(C)nnc43)CC23CC3)cc1. The zero-order chi connectivity index (χ0) is 32.9. The molecular weight excluding hydrogens is 636 g/mol. The molecule has 2 fully saturated rings. The second kappa shape index (κ2) is 12.2. The van der Waals surface area contributed by atoms with E-state index in [2.05, 4.69) is 22.5 Å². The van der Waals surface area contributed by atoms with Crippen molar-refractivity contribution in [2.24, 2.45) is 4.99 Å². The Morgan fingerprint density at radius 2 is 1.77 bits per heavy atom. The lowest BCUT2D eigenvalue weighted by Crippen LogP contribution is -2.58. The van der Waals surface area contributed by atoms with Crippen LogP contribution in [0.15, 0.2) is 71.1 Å². The molecule has 4 aromatic rings. The van der Waals surface area contributed by atoms with Crippen molar-refractivity contribution >= 4 is 46.2 Å². The molecule has 47 heavy (non-hydrogen) atoms. The predicted octanol–water partition coefficient (Wildman–Crippen LogP) is 5.53. The van der Waals surface area contributed by atoms with E-state index in [0.29, 0.717) is 41.8 Å². The van der Waals surface area contributed by atoms with Gasteiger partial charge >= 0.3 is 0 Å². The van der Waals surface area contributed by atoms with Crippen LogP contribution < -0.4 is 4.74 Å². The number of carbonyl (C=O) groups excluding carboxylic acids is 3. The first-order valence-electron chi connectivity index (χ1n) is 15.5. The molecule has 1 atom stereocenters. The first-order chi connectivity index (χ1) is 22.7. The summed E-state index contributed by atoms with van der Waals surface area (Å²) in [5.74, 6) is 1.49. The molecule has 0 radical (unpaired) electrons. The van der Waals surface area contributed by atoms with Crippen molar-refractivity contribution in [3.8, 4) is 10.8 Å². The summed E-state index contributed by atoms with van der Waals surface area (Å²) in [5.41, 5.74) is 3.84. The van der Waals surface area contributed by atoms with Gasteiger partial charge < -0.3 is 14.5 Å². The molecule has 2 amide bonds. The number of benzene rings is 2. The van der Waals surface area contributed by atoms with Crippen LogP contribution >= 0.6 is 22.9 Å². The lowest BCUT2D eigenvalue weighted by atomic mass is 10.0. The van der Waals surface area contributed by atoms with Gasteiger partial charge in [0, 0.05) is 47.4 Å². The number of halogens is 1. The number of nitrogens with zero attached hydrogens (tertiary/aromatic N) is 6. The Bertz CT molecular complexity index is 1940. The van der Waals surface area contributed by atoms with E-state index in [1.807, 2.05) is 45.6 Å². The Morgan fingerprint density at radius 3 is 2.47 bits per heavy atom. The number of methoxy groups -OCH3 is 1. The van der Waals surface area contributed by atoms with Gasteiger partial charge in [0.25, 0.3) is 0 Å². The summed E-state index contributed by atoms with van der Waals surface area (Å²) in [6.45, 7) is 5.20. The molecule has 2 aliphatic heterocycles. The molecular formula is C35H33ClN6O4S. The molecule has 1 spiro atoms. The Hall–Kier alpha value is -4.61. The first kappa shape index (κ1) is 31.0. The number of aromatic nitrogens is 3. The monoisotopic (exact) mass is 668 g/mol. The zero-order valence-corrected chi connectivity index (χ0v) is 27.8. The van der Waals surface area contributed by atoms with Crippen molar-refractivity contribution in [3.63, 3.8) is 0 Å². The van der Waals surface area contributed by atoms with E-state index in [9.17, 15) is 14.4 Å². The predicted molar refractivity (Wildman–Crippen MR) is 180 cm³/mol. The van der Waals surface area contributed by atoms with Crippen LogP contribution in [0.4, 0.5) is 0 Å². The molecule has 0 bridgehead atoms. The van der Waals surface area contributed by atoms with Crippen LogP contribution in [0.3, 0.4) is 0 Å². The molecule has 1 aliphatic carbocycles. The zero-order valence-electron chi connectivity index (χ0n) is 26.3. The highest BCUT2D eigenvalue weighted by molar-refractivity contribution is 7.13. The lowest BCUT2D eigenvalue weighted by Gasteiger charge is -2.42. The minimum Gasteiger partial charge on any atom is -0.497 e. The molecule has 4 heterocycles. The summed E-state index contributed by atoms with van der Waals surface area (Å²) in [6.07, 6.45) is 4.39. The van der Waals surface area contributed by atoms with Crippen LogP contribution in [-0.2, 0) is 9.59 Å². The van der Waals surface area contributed by atoms with Crippen molar-refractivity contribution in [1.29, 1.82) is 0 Å². The fourth-order valence-electron chi connectivity index (χ4n) is 6.46. The van der Waals surface area contributed by atoms with Gasteiger partial charge in [0.05, 0.1) is 24.8 Å². The molecule has 1 saturated carbocycles. The molecule has 10 nitrogen and oxygen atoms in total. The summed E-state index contributed by atoms with van der Waals surface area (Å²) >= 11 is 7.83. The van der Waals surface area contributed by atoms with Gasteiger partial charge in [-0.2, -0.15) is 0 Å². The van der Waals surface area contributed by atoms with Gasteiger partial charge in [-0.15, -0.1) is 21.5 Å². The Morgan fingerprint density at radius 1 is 1.02 bits per heavy atom. The lowest BCUT2D eigenvalue weighted by molar-refractivity contribution is -0.141. The van der Waals surface area contributed by atoms with Crippen LogP contribution in [-0.4, -0.2) is 80.2 Å². The number of ketones is 1. The number of hydrogen-bond acceptors (Lipinski definition) is 8. The summed E-state index contributed by atoms with van der Waals surface area (Å²) in [6, 6.07) is 13.8. The molecule has 0 unspecified atom stereocenters. The Balaban J connectivity index is 1.10. The first-order valence-corrected chi connectivity index (χ1v) is 16.7. The van der Waals surface area contributed by atoms with Gasteiger partial charge in [-0.3, -0.25) is 23.9 Å². The molecule has 2 aromatic carbocycles. The number of ether oxygens (including phenoxy) is 1. The third-order valence-electron chi connectivity index (χ3n) is 9.16. The maximum atomic E-state index is 14.0. The van der Waals surface area contributed by atoms with Crippen LogP contribution in [0.2, 0.25) is 5.02 Å². The third-order valence-corrected chi connectivity index (χ3v) is 10.5. The average Bonchev–Trinajstić information content (AvgIpc) is 3.62. The fraction of sp³-hybridized carbons (Fsp3) is 0.314. The van der Waals surface area contributed by atoms with Gasteiger partial charge in [-0.05, 0) is 80.1 Å². The van der Waals surface area contributed by atoms with Gasteiger partial charge in [0.1, 0.15) is 22.6 Å². The summed E-state index contributed by atoms with van der Waals surface area (Å²) in [7, 11) is 1.56. The Kier molecular flexibility index (Phi) is 8.05. The number of allylic oxidation sites excluding steroid dienone is 1. The van der Waals surface area contributed by atoms with Crippen LogP contribution in [0.5, 0.6) is 5.75 Å². The highest BCUT2D eigenvalue weighted by Gasteiger charge is 2.53.